The molecule has 0 aromatic heterocycles. The van der Waals surface area contributed by atoms with Crippen molar-refractivity contribution in [2.45, 2.75) is 34.1 Å². The standard InChI is InChI=1S/C10H21N/c1-6-9(2)7-11-8-10(3,4)5/h11H,2,6-8H2,1,3-5H3. The maximum atomic E-state index is 3.93. The van der Waals surface area contributed by atoms with Crippen LogP contribution in [-0.4, -0.2) is 13.1 Å². The van der Waals surface area contributed by atoms with Gasteiger partial charge < -0.3 is 5.32 Å². The molecule has 11 heavy (non-hydrogen) atoms. The van der Waals surface area contributed by atoms with Crippen LogP contribution in [0.2, 0.25) is 0 Å². The summed E-state index contributed by atoms with van der Waals surface area (Å²) < 4.78 is 0. The first-order chi connectivity index (χ1) is 4.95. The summed E-state index contributed by atoms with van der Waals surface area (Å²) >= 11 is 0. The van der Waals surface area contributed by atoms with E-state index in [0.717, 1.165) is 19.5 Å². The highest BCUT2D eigenvalue weighted by Gasteiger charge is 2.08. The summed E-state index contributed by atoms with van der Waals surface area (Å²) in [4.78, 5) is 0. The first-order valence-corrected chi connectivity index (χ1v) is 4.33. The molecular weight excluding hydrogens is 134 g/mol. The number of rotatable bonds is 4. The molecule has 66 valence electrons. The van der Waals surface area contributed by atoms with Crippen LogP contribution in [0.4, 0.5) is 0 Å². The Morgan fingerprint density at radius 1 is 1.36 bits per heavy atom. The molecule has 1 heteroatoms. The monoisotopic (exact) mass is 155 g/mol. The van der Waals surface area contributed by atoms with E-state index in [9.17, 15) is 0 Å². The third kappa shape index (κ3) is 7.60. The van der Waals surface area contributed by atoms with Crippen molar-refractivity contribution in [2.75, 3.05) is 13.1 Å². The summed E-state index contributed by atoms with van der Waals surface area (Å²) in [5, 5.41) is 3.38. The van der Waals surface area contributed by atoms with E-state index in [1.54, 1.807) is 0 Å². The molecule has 0 fully saturated rings. The lowest BCUT2D eigenvalue weighted by Crippen LogP contribution is -2.28. The van der Waals surface area contributed by atoms with Gasteiger partial charge in [-0.15, -0.1) is 0 Å². The van der Waals surface area contributed by atoms with Gasteiger partial charge in [0.2, 0.25) is 0 Å². The highest BCUT2D eigenvalue weighted by molar-refractivity contribution is 4.95. The molecule has 0 aliphatic heterocycles. The minimum absolute atomic E-state index is 0.383. The van der Waals surface area contributed by atoms with Crippen molar-refractivity contribution in [2.24, 2.45) is 5.41 Å². The van der Waals surface area contributed by atoms with Crippen LogP contribution < -0.4 is 5.32 Å². The smallest absolute Gasteiger partial charge is 0.0162 e. The molecule has 0 aromatic rings. The van der Waals surface area contributed by atoms with Crippen molar-refractivity contribution in [3.8, 4) is 0 Å². The van der Waals surface area contributed by atoms with Gasteiger partial charge in [-0.25, -0.2) is 0 Å². The normalized spacial score (nSPS) is 11.6. The number of nitrogens with one attached hydrogen (secondary N) is 1. The highest BCUT2D eigenvalue weighted by Crippen LogP contribution is 2.10. The van der Waals surface area contributed by atoms with E-state index in [2.05, 4.69) is 39.6 Å². The van der Waals surface area contributed by atoms with Gasteiger partial charge in [0.05, 0.1) is 0 Å². The Morgan fingerprint density at radius 3 is 2.27 bits per heavy atom. The molecule has 0 aliphatic rings. The molecule has 0 rings (SSSR count). The summed E-state index contributed by atoms with van der Waals surface area (Å²) in [6.45, 7) is 14.8. The molecule has 0 amide bonds. The molecule has 0 saturated carbocycles. The van der Waals surface area contributed by atoms with E-state index < -0.39 is 0 Å². The van der Waals surface area contributed by atoms with E-state index in [-0.39, 0.29) is 0 Å². The van der Waals surface area contributed by atoms with E-state index in [1.807, 2.05) is 0 Å². The van der Waals surface area contributed by atoms with Crippen molar-refractivity contribution < 1.29 is 0 Å². The average Bonchev–Trinajstić information content (AvgIpc) is 1.85. The molecule has 1 nitrogen and oxygen atoms in total. The van der Waals surface area contributed by atoms with Crippen LogP contribution in [0.3, 0.4) is 0 Å². The zero-order valence-electron chi connectivity index (χ0n) is 8.33. The summed E-state index contributed by atoms with van der Waals surface area (Å²) in [5.74, 6) is 0. The number of hydrogen-bond donors (Lipinski definition) is 1. The Balaban J connectivity index is 3.35. The first kappa shape index (κ1) is 10.7. The lowest BCUT2D eigenvalue weighted by Gasteiger charge is -2.18. The fourth-order valence-electron chi connectivity index (χ4n) is 0.739. The van der Waals surface area contributed by atoms with Gasteiger partial charge in [0.1, 0.15) is 0 Å². The Labute approximate surface area is 70.9 Å². The predicted octanol–water partition coefficient (Wildman–Crippen LogP) is 2.59. The molecule has 0 unspecified atom stereocenters. The maximum Gasteiger partial charge on any atom is 0.0162 e. The van der Waals surface area contributed by atoms with Gasteiger partial charge >= 0.3 is 0 Å². The van der Waals surface area contributed by atoms with Crippen molar-refractivity contribution in [3.63, 3.8) is 0 Å². The molecule has 0 aliphatic carbocycles. The van der Waals surface area contributed by atoms with Crippen molar-refractivity contribution in [3.05, 3.63) is 12.2 Å². The van der Waals surface area contributed by atoms with E-state index in [0.29, 0.717) is 5.41 Å². The molecule has 0 heterocycles. The fraction of sp³-hybridized carbons (Fsp3) is 0.800. The zero-order valence-corrected chi connectivity index (χ0v) is 8.33. The predicted molar refractivity (Wildman–Crippen MR) is 51.8 cm³/mol. The van der Waals surface area contributed by atoms with Crippen molar-refractivity contribution >= 4 is 0 Å². The van der Waals surface area contributed by atoms with Crippen LogP contribution in [0.15, 0.2) is 12.2 Å². The average molecular weight is 155 g/mol. The SMILES string of the molecule is C=C(CC)CNCC(C)(C)C. The second-order valence-corrected chi connectivity index (χ2v) is 4.27. The van der Waals surface area contributed by atoms with Crippen LogP contribution in [0, 0.1) is 5.41 Å². The first-order valence-electron chi connectivity index (χ1n) is 4.33. The fourth-order valence-corrected chi connectivity index (χ4v) is 0.739. The lowest BCUT2D eigenvalue weighted by atomic mass is 9.97. The molecule has 0 spiro atoms. The van der Waals surface area contributed by atoms with Crippen LogP contribution in [0.1, 0.15) is 34.1 Å². The third-order valence-electron chi connectivity index (χ3n) is 1.53. The van der Waals surface area contributed by atoms with Gasteiger partial charge in [0.25, 0.3) is 0 Å². The lowest BCUT2D eigenvalue weighted by molar-refractivity contribution is 0.386. The van der Waals surface area contributed by atoms with E-state index in [1.165, 1.54) is 5.57 Å². The summed E-state index contributed by atoms with van der Waals surface area (Å²) in [6, 6.07) is 0. The van der Waals surface area contributed by atoms with Gasteiger partial charge in [-0.3, -0.25) is 0 Å². The molecule has 0 atom stereocenters. The van der Waals surface area contributed by atoms with Gasteiger partial charge in [-0.05, 0) is 11.8 Å². The van der Waals surface area contributed by atoms with Crippen LogP contribution in [0.25, 0.3) is 0 Å². The molecule has 0 aromatic carbocycles. The Morgan fingerprint density at radius 2 is 1.91 bits per heavy atom. The van der Waals surface area contributed by atoms with Crippen molar-refractivity contribution in [1.82, 2.24) is 5.32 Å². The van der Waals surface area contributed by atoms with E-state index >= 15 is 0 Å². The summed E-state index contributed by atoms with van der Waals surface area (Å²) in [5.41, 5.74) is 1.67. The summed E-state index contributed by atoms with van der Waals surface area (Å²) in [7, 11) is 0. The molecule has 0 radical (unpaired) electrons. The Kier molecular flexibility index (Phi) is 4.43. The van der Waals surface area contributed by atoms with Gasteiger partial charge in [-0.2, -0.15) is 0 Å². The summed E-state index contributed by atoms with van der Waals surface area (Å²) in [6.07, 6.45) is 1.08. The second kappa shape index (κ2) is 4.55. The second-order valence-electron chi connectivity index (χ2n) is 4.27. The Bertz CT molecular complexity index is 119. The minimum Gasteiger partial charge on any atom is -0.312 e. The topological polar surface area (TPSA) is 12.0 Å². The van der Waals surface area contributed by atoms with Gasteiger partial charge in [0, 0.05) is 13.1 Å². The van der Waals surface area contributed by atoms with E-state index in [4.69, 9.17) is 0 Å². The van der Waals surface area contributed by atoms with Gasteiger partial charge in [-0.1, -0.05) is 39.8 Å². The van der Waals surface area contributed by atoms with Crippen LogP contribution in [0.5, 0.6) is 0 Å². The quantitative estimate of drug-likeness (QED) is 0.615. The molecular formula is C10H21N. The van der Waals surface area contributed by atoms with Gasteiger partial charge in [0.15, 0.2) is 0 Å². The third-order valence-corrected chi connectivity index (χ3v) is 1.53. The number of hydrogen-bond acceptors (Lipinski definition) is 1. The molecule has 0 bridgehead atoms. The Hall–Kier alpha value is -0.300. The van der Waals surface area contributed by atoms with Crippen LogP contribution in [-0.2, 0) is 0 Å². The largest absolute Gasteiger partial charge is 0.312 e. The molecule has 1 N–H and O–H groups in total. The highest BCUT2D eigenvalue weighted by atomic mass is 14.9. The molecule has 0 saturated heterocycles. The van der Waals surface area contributed by atoms with Crippen molar-refractivity contribution in [1.29, 1.82) is 0 Å². The minimum atomic E-state index is 0.383. The van der Waals surface area contributed by atoms with Crippen LogP contribution >= 0.6 is 0 Å². The maximum absolute atomic E-state index is 3.93. The zero-order chi connectivity index (χ0) is 8.91.